The molecule has 0 fully saturated rings. The second kappa shape index (κ2) is 4.89. The van der Waals surface area contributed by atoms with Gasteiger partial charge in [0, 0.05) is 12.5 Å². The molecule has 3 nitrogen and oxygen atoms in total. The molecule has 80 valence electrons. The number of hydrogen-bond acceptors (Lipinski definition) is 3. The van der Waals surface area contributed by atoms with Crippen molar-refractivity contribution in [2.24, 2.45) is 0 Å². The highest BCUT2D eigenvalue weighted by molar-refractivity contribution is 6.64. The third kappa shape index (κ3) is 3.32. The van der Waals surface area contributed by atoms with E-state index in [0.29, 0.717) is 5.56 Å². The lowest BCUT2D eigenvalue weighted by molar-refractivity contribution is -0.150. The molecule has 0 aliphatic heterocycles. The summed E-state index contributed by atoms with van der Waals surface area (Å²) in [6.45, 7) is 1.16. The summed E-state index contributed by atoms with van der Waals surface area (Å²) in [6.07, 6.45) is -1.18. The fraction of sp³-hybridized carbons (Fsp3) is 0.200. The fourth-order valence-electron chi connectivity index (χ4n) is 1.05. The quantitative estimate of drug-likeness (QED) is 0.591. The number of carbonyl (C=O) groups excluding carboxylic acids is 2. The summed E-state index contributed by atoms with van der Waals surface area (Å²) in [5.41, 5.74) is 0.339. The SMILES string of the molecule is CC(=O)O[C@@H](C(=O)Cl)c1ccc(F)cc1. The van der Waals surface area contributed by atoms with Crippen molar-refractivity contribution in [1.29, 1.82) is 0 Å². The normalized spacial score (nSPS) is 11.9. The number of hydrogen-bond donors (Lipinski definition) is 0. The summed E-state index contributed by atoms with van der Waals surface area (Å²) >= 11 is 5.25. The van der Waals surface area contributed by atoms with Gasteiger partial charge in [0.1, 0.15) is 5.82 Å². The molecule has 0 aliphatic carbocycles. The maximum atomic E-state index is 12.6. The Hall–Kier alpha value is -1.42. The van der Waals surface area contributed by atoms with Crippen molar-refractivity contribution in [2.45, 2.75) is 13.0 Å². The number of esters is 1. The molecule has 0 aromatic heterocycles. The summed E-state index contributed by atoms with van der Waals surface area (Å²) in [4.78, 5) is 21.7. The molecule has 0 unspecified atom stereocenters. The molecular formula is C10H8ClFO3. The maximum Gasteiger partial charge on any atom is 0.303 e. The van der Waals surface area contributed by atoms with Gasteiger partial charge in [-0.15, -0.1) is 0 Å². The first-order chi connectivity index (χ1) is 7.00. The van der Waals surface area contributed by atoms with E-state index in [1.54, 1.807) is 0 Å². The van der Waals surface area contributed by atoms with Crippen LogP contribution in [0.5, 0.6) is 0 Å². The van der Waals surface area contributed by atoms with Crippen LogP contribution in [0, 0.1) is 5.82 Å². The molecule has 0 bridgehead atoms. The topological polar surface area (TPSA) is 43.4 Å². The lowest BCUT2D eigenvalue weighted by atomic mass is 10.1. The number of carbonyl (C=O) groups is 2. The van der Waals surface area contributed by atoms with E-state index in [9.17, 15) is 14.0 Å². The van der Waals surface area contributed by atoms with Crippen molar-refractivity contribution < 1.29 is 18.7 Å². The molecule has 1 aromatic carbocycles. The van der Waals surface area contributed by atoms with Crippen LogP contribution in [-0.2, 0) is 14.3 Å². The van der Waals surface area contributed by atoms with Crippen molar-refractivity contribution in [1.82, 2.24) is 0 Å². The number of benzene rings is 1. The first-order valence-electron chi connectivity index (χ1n) is 4.12. The fourth-order valence-corrected chi connectivity index (χ4v) is 1.22. The van der Waals surface area contributed by atoms with Crippen LogP contribution in [0.15, 0.2) is 24.3 Å². The Kier molecular flexibility index (Phi) is 3.80. The molecule has 0 aliphatic rings. The minimum Gasteiger partial charge on any atom is -0.448 e. The van der Waals surface area contributed by atoms with Gasteiger partial charge in [0.15, 0.2) is 0 Å². The number of halogens is 2. The Morgan fingerprint density at radius 3 is 2.27 bits per heavy atom. The molecule has 15 heavy (non-hydrogen) atoms. The summed E-state index contributed by atoms with van der Waals surface area (Å²) in [5, 5.41) is -0.822. The largest absolute Gasteiger partial charge is 0.448 e. The summed E-state index contributed by atoms with van der Waals surface area (Å²) in [5.74, 6) is -1.07. The Morgan fingerprint density at radius 1 is 1.33 bits per heavy atom. The zero-order valence-electron chi connectivity index (χ0n) is 7.87. The molecular weight excluding hydrogens is 223 g/mol. The van der Waals surface area contributed by atoms with E-state index in [1.807, 2.05) is 0 Å². The van der Waals surface area contributed by atoms with Gasteiger partial charge in [0.05, 0.1) is 0 Å². The third-order valence-corrected chi connectivity index (χ3v) is 1.86. The summed E-state index contributed by atoms with van der Waals surface area (Å²) < 4.78 is 17.3. The van der Waals surface area contributed by atoms with Gasteiger partial charge in [-0.05, 0) is 23.7 Å². The molecule has 0 spiro atoms. The van der Waals surface area contributed by atoms with Crippen LogP contribution >= 0.6 is 11.6 Å². The van der Waals surface area contributed by atoms with Gasteiger partial charge in [-0.3, -0.25) is 9.59 Å². The first-order valence-corrected chi connectivity index (χ1v) is 4.50. The molecule has 0 amide bonds. The van der Waals surface area contributed by atoms with Gasteiger partial charge in [0.25, 0.3) is 5.24 Å². The lowest BCUT2D eigenvalue weighted by Gasteiger charge is -2.12. The molecule has 0 heterocycles. The highest BCUT2D eigenvalue weighted by Crippen LogP contribution is 2.20. The Bertz CT molecular complexity index is 375. The maximum absolute atomic E-state index is 12.6. The molecule has 1 rings (SSSR count). The minimum absolute atomic E-state index is 0.339. The van der Waals surface area contributed by atoms with Crippen LogP contribution in [0.3, 0.4) is 0 Å². The number of rotatable bonds is 3. The Morgan fingerprint density at radius 2 is 1.87 bits per heavy atom. The number of ether oxygens (including phenoxy) is 1. The van der Waals surface area contributed by atoms with Crippen LogP contribution in [-0.4, -0.2) is 11.2 Å². The molecule has 1 atom stereocenters. The highest BCUT2D eigenvalue weighted by atomic mass is 35.5. The van der Waals surface area contributed by atoms with E-state index in [1.165, 1.54) is 12.1 Å². The van der Waals surface area contributed by atoms with Crippen LogP contribution in [0.2, 0.25) is 0 Å². The van der Waals surface area contributed by atoms with Crippen molar-refractivity contribution >= 4 is 22.8 Å². The lowest BCUT2D eigenvalue weighted by Crippen LogP contribution is -2.14. The predicted octanol–water partition coefficient (Wildman–Crippen LogP) is 2.20. The highest BCUT2D eigenvalue weighted by Gasteiger charge is 2.21. The van der Waals surface area contributed by atoms with Crippen LogP contribution in [0.4, 0.5) is 4.39 Å². The van der Waals surface area contributed by atoms with Gasteiger partial charge in [-0.25, -0.2) is 4.39 Å². The standard InChI is InChI=1S/C10H8ClFO3/c1-6(13)15-9(10(11)14)7-2-4-8(12)5-3-7/h2-5,9H,1H3/t9-/m1/s1. The van der Waals surface area contributed by atoms with Crippen LogP contribution in [0.25, 0.3) is 0 Å². The van der Waals surface area contributed by atoms with E-state index in [0.717, 1.165) is 19.1 Å². The molecule has 0 radical (unpaired) electrons. The molecule has 1 aromatic rings. The predicted molar refractivity (Wildman–Crippen MR) is 51.8 cm³/mol. The molecule has 0 N–H and O–H groups in total. The smallest absolute Gasteiger partial charge is 0.303 e. The average Bonchev–Trinajstić information content (AvgIpc) is 2.15. The minimum atomic E-state index is -1.18. The van der Waals surface area contributed by atoms with Crippen LogP contribution in [0.1, 0.15) is 18.6 Å². The zero-order valence-corrected chi connectivity index (χ0v) is 8.62. The molecule has 0 saturated heterocycles. The monoisotopic (exact) mass is 230 g/mol. The van der Waals surface area contributed by atoms with E-state index >= 15 is 0 Å². The Labute approximate surface area is 90.8 Å². The average molecular weight is 231 g/mol. The summed E-state index contributed by atoms with van der Waals surface area (Å²) in [6, 6.07) is 4.99. The van der Waals surface area contributed by atoms with Gasteiger partial charge in [0.2, 0.25) is 6.10 Å². The van der Waals surface area contributed by atoms with Gasteiger partial charge < -0.3 is 4.74 Å². The van der Waals surface area contributed by atoms with Gasteiger partial charge in [-0.1, -0.05) is 12.1 Å². The third-order valence-electron chi connectivity index (χ3n) is 1.66. The van der Waals surface area contributed by atoms with E-state index < -0.39 is 23.1 Å². The summed E-state index contributed by atoms with van der Waals surface area (Å²) in [7, 11) is 0. The zero-order chi connectivity index (χ0) is 11.4. The first kappa shape index (κ1) is 11.7. The molecule has 5 heteroatoms. The second-order valence-corrected chi connectivity index (χ2v) is 3.22. The Balaban J connectivity index is 2.94. The van der Waals surface area contributed by atoms with Crippen molar-refractivity contribution in [2.75, 3.05) is 0 Å². The second-order valence-electron chi connectivity index (χ2n) is 2.85. The van der Waals surface area contributed by atoms with E-state index in [4.69, 9.17) is 16.3 Å². The van der Waals surface area contributed by atoms with Crippen LogP contribution < -0.4 is 0 Å². The van der Waals surface area contributed by atoms with Crippen molar-refractivity contribution in [3.63, 3.8) is 0 Å². The van der Waals surface area contributed by atoms with Gasteiger partial charge in [-0.2, -0.15) is 0 Å². The van der Waals surface area contributed by atoms with Crippen molar-refractivity contribution in [3.8, 4) is 0 Å². The van der Waals surface area contributed by atoms with Crippen molar-refractivity contribution in [3.05, 3.63) is 35.6 Å². The van der Waals surface area contributed by atoms with E-state index in [-0.39, 0.29) is 0 Å². The van der Waals surface area contributed by atoms with Gasteiger partial charge >= 0.3 is 5.97 Å². The van der Waals surface area contributed by atoms with E-state index in [2.05, 4.69) is 0 Å². The molecule has 0 saturated carbocycles.